The average Bonchev–Trinajstić information content (AvgIpc) is 2.23. The minimum atomic E-state index is -0.0683. The third-order valence-corrected chi connectivity index (χ3v) is 1.66. The lowest BCUT2D eigenvalue weighted by Crippen LogP contribution is -2.35. The molecule has 9 heavy (non-hydrogen) atoms. The highest BCUT2D eigenvalue weighted by Gasteiger charge is 2.39. The van der Waals surface area contributed by atoms with Crippen LogP contribution in [0.1, 0.15) is 6.42 Å². The maximum Gasteiger partial charge on any atom is 0.323 e. The first-order valence-electron chi connectivity index (χ1n) is 2.80. The molecule has 2 atom stereocenters. The van der Waals surface area contributed by atoms with Gasteiger partial charge in [-0.1, -0.05) is 0 Å². The van der Waals surface area contributed by atoms with Crippen molar-refractivity contribution in [2.24, 2.45) is 0 Å². The van der Waals surface area contributed by atoms with Crippen LogP contribution >= 0.6 is 12.4 Å². The maximum absolute atomic E-state index is 10.6. The number of carbonyl (C=O) groups excluding carboxylic acids is 1. The lowest BCUT2D eigenvalue weighted by atomic mass is 10.2. The van der Waals surface area contributed by atoms with Crippen LogP contribution in [0.3, 0.4) is 0 Å². The van der Waals surface area contributed by atoms with E-state index in [1.54, 1.807) is 0 Å². The number of carbonyl (C=O) groups is 1. The molecule has 3 nitrogen and oxygen atoms in total. The summed E-state index contributed by atoms with van der Waals surface area (Å²) in [5, 5.41) is 3.03. The van der Waals surface area contributed by atoms with Crippen LogP contribution in [-0.2, 0) is 9.53 Å². The number of fused-ring (bicyclic) bond motifs is 2. The topological polar surface area (TPSA) is 38.3 Å². The van der Waals surface area contributed by atoms with E-state index < -0.39 is 0 Å². The van der Waals surface area contributed by atoms with Gasteiger partial charge in [0.2, 0.25) is 0 Å². The molecule has 0 spiro atoms. The zero-order valence-corrected chi connectivity index (χ0v) is 5.61. The van der Waals surface area contributed by atoms with Crippen molar-refractivity contribution in [3.05, 3.63) is 0 Å². The molecule has 2 rings (SSSR count). The van der Waals surface area contributed by atoms with Crippen LogP contribution in [0.25, 0.3) is 0 Å². The number of morpholine rings is 1. The number of nitrogens with one attached hydrogen (secondary N) is 1. The summed E-state index contributed by atoms with van der Waals surface area (Å²) < 4.78 is 4.86. The third-order valence-electron chi connectivity index (χ3n) is 1.66. The largest absolute Gasteiger partial charge is 0.460 e. The fraction of sp³-hybridized carbons (Fsp3) is 0.800. The molecule has 2 aliphatic rings. The van der Waals surface area contributed by atoms with E-state index in [9.17, 15) is 4.79 Å². The zero-order valence-electron chi connectivity index (χ0n) is 4.79. The Morgan fingerprint density at radius 2 is 2.44 bits per heavy atom. The minimum absolute atomic E-state index is 0. The highest BCUT2D eigenvalue weighted by molar-refractivity contribution is 5.85. The second-order valence-corrected chi connectivity index (χ2v) is 2.26. The summed E-state index contributed by atoms with van der Waals surface area (Å²) in [6, 6.07) is 0.0278. The molecule has 0 radical (unpaired) electrons. The highest BCUT2D eigenvalue weighted by atomic mass is 35.5. The predicted octanol–water partition coefficient (Wildman–Crippen LogP) is -0.304. The summed E-state index contributed by atoms with van der Waals surface area (Å²) in [6.07, 6.45) is 1.08. The predicted molar refractivity (Wildman–Crippen MR) is 33.5 cm³/mol. The Bertz CT molecular complexity index is 139. The van der Waals surface area contributed by atoms with Gasteiger partial charge < -0.3 is 10.1 Å². The summed E-state index contributed by atoms with van der Waals surface area (Å²) in [5.74, 6) is -0.0683. The molecule has 0 aromatic carbocycles. The minimum Gasteiger partial charge on any atom is -0.460 e. The fourth-order valence-corrected chi connectivity index (χ4v) is 1.22. The first-order valence-corrected chi connectivity index (χ1v) is 2.80. The van der Waals surface area contributed by atoms with Crippen molar-refractivity contribution < 1.29 is 9.53 Å². The molecule has 0 unspecified atom stereocenters. The van der Waals surface area contributed by atoms with Crippen LogP contribution in [0.2, 0.25) is 0 Å². The average molecular weight is 150 g/mol. The summed E-state index contributed by atoms with van der Waals surface area (Å²) in [6.45, 7) is 0.858. The summed E-state index contributed by atoms with van der Waals surface area (Å²) in [5.41, 5.74) is 0. The molecule has 0 aliphatic carbocycles. The molecule has 1 N–H and O–H groups in total. The summed E-state index contributed by atoms with van der Waals surface area (Å²) in [7, 11) is 0. The standard InChI is InChI=1S/C5H7NO2.ClH/c7-5-4-1-3(8-5)2-6-4;/h3-4,6H,1-2H2;1H/t3-,4-;/m0./s1. The zero-order chi connectivity index (χ0) is 5.56. The lowest BCUT2D eigenvalue weighted by Gasteiger charge is -2.09. The highest BCUT2D eigenvalue weighted by Crippen LogP contribution is 2.19. The Labute approximate surface area is 59.2 Å². The van der Waals surface area contributed by atoms with Crippen LogP contribution in [0, 0.1) is 0 Å². The number of esters is 1. The number of halogens is 1. The Kier molecular flexibility index (Phi) is 1.64. The van der Waals surface area contributed by atoms with Crippen LogP contribution in [0.4, 0.5) is 0 Å². The van der Waals surface area contributed by atoms with Gasteiger partial charge in [-0.3, -0.25) is 4.79 Å². The Morgan fingerprint density at radius 1 is 1.67 bits per heavy atom. The van der Waals surface area contributed by atoms with E-state index in [1.807, 2.05) is 0 Å². The monoisotopic (exact) mass is 149 g/mol. The Morgan fingerprint density at radius 3 is 2.67 bits per heavy atom. The normalized spacial score (nSPS) is 38.0. The van der Waals surface area contributed by atoms with Crippen LogP contribution in [-0.4, -0.2) is 24.7 Å². The molecule has 2 fully saturated rings. The van der Waals surface area contributed by atoms with Gasteiger partial charge >= 0.3 is 5.97 Å². The quantitative estimate of drug-likeness (QED) is 0.481. The first kappa shape index (κ1) is 6.83. The Balaban J connectivity index is 0.000000405. The van der Waals surface area contributed by atoms with Gasteiger partial charge in [-0.15, -0.1) is 12.4 Å². The molecule has 0 saturated carbocycles. The van der Waals surface area contributed by atoms with E-state index >= 15 is 0 Å². The van der Waals surface area contributed by atoms with Crippen molar-refractivity contribution in [1.29, 1.82) is 0 Å². The molecule has 0 amide bonds. The van der Waals surface area contributed by atoms with E-state index in [2.05, 4.69) is 5.32 Å². The van der Waals surface area contributed by atoms with Gasteiger partial charge in [-0.25, -0.2) is 0 Å². The molecular weight excluding hydrogens is 142 g/mol. The third kappa shape index (κ3) is 0.904. The maximum atomic E-state index is 10.6. The molecule has 2 aliphatic heterocycles. The van der Waals surface area contributed by atoms with Gasteiger partial charge in [0.05, 0.1) is 0 Å². The van der Waals surface area contributed by atoms with Crippen LogP contribution in [0.5, 0.6) is 0 Å². The van der Waals surface area contributed by atoms with Gasteiger partial charge in [-0.2, -0.15) is 0 Å². The van der Waals surface area contributed by atoms with Gasteiger partial charge in [0.15, 0.2) is 0 Å². The molecular formula is C5H8ClNO2. The molecule has 0 aromatic rings. The summed E-state index contributed by atoms with van der Waals surface area (Å²) in [4.78, 5) is 10.6. The van der Waals surface area contributed by atoms with Crippen molar-refractivity contribution in [3.63, 3.8) is 0 Å². The van der Waals surface area contributed by atoms with E-state index in [0.29, 0.717) is 0 Å². The van der Waals surface area contributed by atoms with Gasteiger partial charge in [0.1, 0.15) is 12.1 Å². The SMILES string of the molecule is Cl.O=C1O[C@@H]2CN[C@H]1C2. The number of ether oxygens (including phenoxy) is 1. The molecule has 2 heterocycles. The molecule has 2 saturated heterocycles. The van der Waals surface area contributed by atoms with Crippen LogP contribution in [0.15, 0.2) is 0 Å². The molecule has 52 valence electrons. The number of rotatable bonds is 0. The van der Waals surface area contributed by atoms with Crippen molar-refractivity contribution >= 4 is 18.4 Å². The van der Waals surface area contributed by atoms with Crippen molar-refractivity contribution in [1.82, 2.24) is 5.32 Å². The molecule has 2 bridgehead atoms. The van der Waals surface area contributed by atoms with Crippen molar-refractivity contribution in [3.8, 4) is 0 Å². The number of hydrogen-bond acceptors (Lipinski definition) is 3. The van der Waals surface area contributed by atoms with Gasteiger partial charge in [0.25, 0.3) is 0 Å². The van der Waals surface area contributed by atoms with Crippen LogP contribution < -0.4 is 5.32 Å². The number of hydrogen-bond donors (Lipinski definition) is 1. The van der Waals surface area contributed by atoms with E-state index in [4.69, 9.17) is 4.74 Å². The van der Waals surface area contributed by atoms with E-state index in [0.717, 1.165) is 13.0 Å². The molecule has 0 aromatic heterocycles. The van der Waals surface area contributed by atoms with E-state index in [-0.39, 0.29) is 30.5 Å². The Hall–Kier alpha value is -0.280. The van der Waals surface area contributed by atoms with Gasteiger partial charge in [-0.05, 0) is 0 Å². The second-order valence-electron chi connectivity index (χ2n) is 2.26. The van der Waals surface area contributed by atoms with E-state index in [1.165, 1.54) is 0 Å². The second kappa shape index (κ2) is 2.15. The molecule has 4 heteroatoms. The lowest BCUT2D eigenvalue weighted by molar-refractivity contribution is -0.145. The van der Waals surface area contributed by atoms with Crippen molar-refractivity contribution in [2.75, 3.05) is 6.54 Å². The fourth-order valence-electron chi connectivity index (χ4n) is 1.22. The smallest absolute Gasteiger partial charge is 0.323 e. The van der Waals surface area contributed by atoms with Gasteiger partial charge in [0, 0.05) is 13.0 Å². The first-order chi connectivity index (χ1) is 3.86. The summed E-state index contributed by atoms with van der Waals surface area (Å²) >= 11 is 0. The van der Waals surface area contributed by atoms with Crippen molar-refractivity contribution in [2.45, 2.75) is 18.6 Å².